The van der Waals surface area contributed by atoms with Gasteiger partial charge in [-0.3, -0.25) is 9.36 Å². The molecule has 24 heavy (non-hydrogen) atoms. The summed E-state index contributed by atoms with van der Waals surface area (Å²) in [6, 6.07) is 8.31. The zero-order valence-electron chi connectivity index (χ0n) is 12.6. The quantitative estimate of drug-likeness (QED) is 0.775. The highest BCUT2D eigenvalue weighted by molar-refractivity contribution is 5.57. The fourth-order valence-corrected chi connectivity index (χ4v) is 2.24. The third-order valence-electron chi connectivity index (χ3n) is 3.42. The van der Waals surface area contributed by atoms with Crippen molar-refractivity contribution >= 4 is 0 Å². The average molecular weight is 336 g/mol. The summed E-state index contributed by atoms with van der Waals surface area (Å²) in [5.74, 6) is 0. The van der Waals surface area contributed by atoms with E-state index in [9.17, 15) is 13.2 Å². The Bertz CT molecular complexity index is 803. The minimum atomic E-state index is -4.43. The van der Waals surface area contributed by atoms with Crippen molar-refractivity contribution in [1.82, 2.24) is 24.8 Å². The summed E-state index contributed by atoms with van der Waals surface area (Å²) in [5, 5.41) is 11.6. The fourth-order valence-electron chi connectivity index (χ4n) is 2.24. The lowest BCUT2D eigenvalue weighted by Gasteiger charge is -2.04. The van der Waals surface area contributed by atoms with Gasteiger partial charge in [0.2, 0.25) is 0 Å². The first-order valence-corrected chi connectivity index (χ1v) is 7.26. The van der Waals surface area contributed by atoms with Gasteiger partial charge in [-0.15, -0.1) is 5.10 Å². The molecule has 0 spiro atoms. The van der Waals surface area contributed by atoms with Crippen LogP contribution in [0, 0.1) is 0 Å². The highest BCUT2D eigenvalue weighted by Crippen LogP contribution is 2.27. The zero-order valence-corrected chi connectivity index (χ0v) is 12.6. The van der Waals surface area contributed by atoms with Crippen molar-refractivity contribution in [3.8, 4) is 11.3 Å². The number of hydrogen-bond acceptors (Lipinski definition) is 4. The SMILES string of the molecule is NCCn1cc(-c2ccc(Cn3ccc(C(F)(F)F)n3)cc2)nn1. The van der Waals surface area contributed by atoms with Crippen LogP contribution in [0.25, 0.3) is 11.3 Å². The second kappa shape index (κ2) is 6.44. The van der Waals surface area contributed by atoms with Crippen molar-refractivity contribution in [3.63, 3.8) is 0 Å². The molecule has 3 aromatic rings. The predicted molar refractivity (Wildman–Crippen MR) is 80.8 cm³/mol. The number of nitrogens with zero attached hydrogens (tertiary/aromatic N) is 5. The summed E-state index contributed by atoms with van der Waals surface area (Å²) in [7, 11) is 0. The highest BCUT2D eigenvalue weighted by Gasteiger charge is 2.33. The van der Waals surface area contributed by atoms with Gasteiger partial charge in [-0.2, -0.15) is 18.3 Å². The Morgan fingerprint density at radius 1 is 1.04 bits per heavy atom. The maximum absolute atomic E-state index is 12.5. The molecule has 0 fully saturated rings. The largest absolute Gasteiger partial charge is 0.435 e. The van der Waals surface area contributed by atoms with E-state index in [0.717, 1.165) is 17.2 Å². The number of aromatic nitrogens is 5. The Kier molecular flexibility index (Phi) is 4.34. The lowest BCUT2D eigenvalue weighted by atomic mass is 10.1. The summed E-state index contributed by atoms with van der Waals surface area (Å²) in [4.78, 5) is 0. The summed E-state index contributed by atoms with van der Waals surface area (Å²) >= 11 is 0. The average Bonchev–Trinajstić information content (AvgIpc) is 3.18. The number of halogens is 3. The monoisotopic (exact) mass is 336 g/mol. The Morgan fingerprint density at radius 2 is 1.79 bits per heavy atom. The highest BCUT2D eigenvalue weighted by atomic mass is 19.4. The van der Waals surface area contributed by atoms with Crippen molar-refractivity contribution in [2.75, 3.05) is 6.54 Å². The van der Waals surface area contributed by atoms with Gasteiger partial charge in [-0.05, 0) is 11.6 Å². The third-order valence-corrected chi connectivity index (χ3v) is 3.42. The van der Waals surface area contributed by atoms with E-state index < -0.39 is 11.9 Å². The smallest absolute Gasteiger partial charge is 0.329 e. The van der Waals surface area contributed by atoms with Crippen LogP contribution in [-0.2, 0) is 19.3 Å². The standard InChI is InChI=1S/C15H15F3N6/c16-15(17,18)14-5-7-23(21-14)9-11-1-3-12(4-2-11)13-10-24(8-6-19)22-20-13/h1-5,7,10H,6,8-9,19H2. The molecule has 3 rings (SSSR count). The number of rotatable bonds is 5. The van der Waals surface area contributed by atoms with Gasteiger partial charge < -0.3 is 5.73 Å². The molecule has 2 aromatic heterocycles. The first-order valence-electron chi connectivity index (χ1n) is 7.26. The third kappa shape index (κ3) is 3.62. The number of hydrogen-bond donors (Lipinski definition) is 1. The Labute approximate surface area is 135 Å². The van der Waals surface area contributed by atoms with E-state index in [0.29, 0.717) is 18.8 Å². The normalized spacial score (nSPS) is 11.8. The molecular formula is C15H15F3N6. The molecule has 0 radical (unpaired) electrons. The molecule has 9 heteroatoms. The van der Waals surface area contributed by atoms with Crippen molar-refractivity contribution < 1.29 is 13.2 Å². The van der Waals surface area contributed by atoms with Crippen molar-refractivity contribution in [2.24, 2.45) is 5.73 Å². The van der Waals surface area contributed by atoms with Crippen LogP contribution in [0.4, 0.5) is 13.2 Å². The van der Waals surface area contributed by atoms with Crippen molar-refractivity contribution in [1.29, 1.82) is 0 Å². The number of nitrogens with two attached hydrogens (primary N) is 1. The molecule has 1 aromatic carbocycles. The molecule has 0 aliphatic carbocycles. The molecule has 0 atom stereocenters. The van der Waals surface area contributed by atoms with E-state index >= 15 is 0 Å². The van der Waals surface area contributed by atoms with Gasteiger partial charge in [-0.25, -0.2) is 0 Å². The van der Waals surface area contributed by atoms with E-state index in [2.05, 4.69) is 15.4 Å². The molecule has 2 N–H and O–H groups in total. The molecule has 0 saturated carbocycles. The van der Waals surface area contributed by atoms with Crippen LogP contribution in [0.3, 0.4) is 0 Å². The lowest BCUT2D eigenvalue weighted by Crippen LogP contribution is -2.10. The van der Waals surface area contributed by atoms with Crippen LogP contribution in [0.5, 0.6) is 0 Å². The molecule has 2 heterocycles. The van der Waals surface area contributed by atoms with E-state index in [1.165, 1.54) is 10.9 Å². The first-order chi connectivity index (χ1) is 11.5. The number of alkyl halides is 3. The van der Waals surface area contributed by atoms with Gasteiger partial charge in [0.25, 0.3) is 0 Å². The van der Waals surface area contributed by atoms with Crippen molar-refractivity contribution in [3.05, 3.63) is 54.0 Å². The molecule has 0 amide bonds. The number of benzene rings is 1. The topological polar surface area (TPSA) is 74.5 Å². The van der Waals surface area contributed by atoms with Crippen LogP contribution in [0.1, 0.15) is 11.3 Å². The lowest BCUT2D eigenvalue weighted by molar-refractivity contribution is -0.141. The minimum Gasteiger partial charge on any atom is -0.329 e. The van der Waals surface area contributed by atoms with Gasteiger partial charge >= 0.3 is 6.18 Å². The molecule has 126 valence electrons. The predicted octanol–water partition coefficient (Wildman–Crippen LogP) is 2.17. The molecule has 0 aliphatic rings. The van der Waals surface area contributed by atoms with Gasteiger partial charge in [0.1, 0.15) is 5.69 Å². The van der Waals surface area contributed by atoms with Gasteiger partial charge in [-0.1, -0.05) is 29.5 Å². The van der Waals surface area contributed by atoms with Crippen LogP contribution in [-0.4, -0.2) is 31.3 Å². The molecule has 6 nitrogen and oxygen atoms in total. The zero-order chi connectivity index (χ0) is 17.2. The van der Waals surface area contributed by atoms with E-state index in [4.69, 9.17) is 5.73 Å². The Morgan fingerprint density at radius 3 is 2.42 bits per heavy atom. The summed E-state index contributed by atoms with van der Waals surface area (Å²) in [6.07, 6.45) is -1.31. The van der Waals surface area contributed by atoms with Crippen molar-refractivity contribution in [2.45, 2.75) is 19.3 Å². The molecular weight excluding hydrogens is 321 g/mol. The van der Waals surface area contributed by atoms with E-state index in [1.807, 2.05) is 24.3 Å². The van der Waals surface area contributed by atoms with Crippen LogP contribution >= 0.6 is 0 Å². The minimum absolute atomic E-state index is 0.260. The Balaban J connectivity index is 1.71. The second-order valence-electron chi connectivity index (χ2n) is 5.25. The molecule has 0 bridgehead atoms. The first kappa shape index (κ1) is 16.2. The molecule has 0 unspecified atom stereocenters. The second-order valence-corrected chi connectivity index (χ2v) is 5.25. The van der Waals surface area contributed by atoms with E-state index in [1.54, 1.807) is 10.9 Å². The van der Waals surface area contributed by atoms with Gasteiger partial charge in [0.15, 0.2) is 5.69 Å². The summed E-state index contributed by atoms with van der Waals surface area (Å²) in [5.41, 5.74) is 7.00. The maximum Gasteiger partial charge on any atom is 0.435 e. The molecule has 0 saturated heterocycles. The van der Waals surface area contributed by atoms with Crippen LogP contribution in [0.15, 0.2) is 42.7 Å². The van der Waals surface area contributed by atoms with Gasteiger partial charge in [0, 0.05) is 18.3 Å². The molecule has 0 aliphatic heterocycles. The summed E-state index contributed by atoms with van der Waals surface area (Å²) in [6.45, 7) is 1.33. The van der Waals surface area contributed by atoms with Crippen LogP contribution < -0.4 is 5.73 Å². The summed E-state index contributed by atoms with van der Waals surface area (Å²) < 4.78 is 40.5. The maximum atomic E-state index is 12.5. The Hall–Kier alpha value is -2.68. The van der Waals surface area contributed by atoms with Gasteiger partial charge in [0.05, 0.1) is 19.3 Å². The van der Waals surface area contributed by atoms with Crippen LogP contribution in [0.2, 0.25) is 0 Å². The fraction of sp³-hybridized carbons (Fsp3) is 0.267. The van der Waals surface area contributed by atoms with E-state index in [-0.39, 0.29) is 6.54 Å².